The summed E-state index contributed by atoms with van der Waals surface area (Å²) in [5.74, 6) is -0.789. The molecule has 3 aromatic carbocycles. The van der Waals surface area contributed by atoms with Crippen LogP contribution < -0.4 is 10.1 Å². The summed E-state index contributed by atoms with van der Waals surface area (Å²) in [6.07, 6.45) is 0. The molecule has 0 saturated carbocycles. The van der Waals surface area contributed by atoms with E-state index in [0.717, 1.165) is 0 Å². The molecule has 0 atom stereocenters. The maximum absolute atomic E-state index is 12.9. The van der Waals surface area contributed by atoms with Crippen molar-refractivity contribution in [1.82, 2.24) is 9.78 Å². The van der Waals surface area contributed by atoms with Crippen LogP contribution in [0.1, 0.15) is 27.8 Å². The van der Waals surface area contributed by atoms with Gasteiger partial charge < -0.3 is 19.5 Å². The molecule has 1 aromatic heterocycles. The number of hydrogen-bond acceptors (Lipinski definition) is 7. The van der Waals surface area contributed by atoms with E-state index in [1.165, 1.54) is 25.8 Å². The van der Waals surface area contributed by atoms with E-state index in [9.17, 15) is 14.4 Å². The molecule has 1 heterocycles. The zero-order valence-corrected chi connectivity index (χ0v) is 19.8. The van der Waals surface area contributed by atoms with Crippen molar-refractivity contribution in [2.75, 3.05) is 19.5 Å². The lowest BCUT2D eigenvalue weighted by Crippen LogP contribution is -2.15. The van der Waals surface area contributed by atoms with Gasteiger partial charge in [-0.3, -0.25) is 4.79 Å². The number of para-hydroxylation sites is 2. The van der Waals surface area contributed by atoms with Gasteiger partial charge in [-0.05, 0) is 48.5 Å². The van der Waals surface area contributed by atoms with Gasteiger partial charge >= 0.3 is 11.9 Å². The highest BCUT2D eigenvalue weighted by Crippen LogP contribution is 2.37. The Hall–Kier alpha value is -4.92. The summed E-state index contributed by atoms with van der Waals surface area (Å²) >= 11 is 0. The highest BCUT2D eigenvalue weighted by molar-refractivity contribution is 6.07. The normalized spacial score (nSPS) is 10.4. The van der Waals surface area contributed by atoms with E-state index < -0.39 is 11.9 Å². The predicted molar refractivity (Wildman–Crippen MR) is 132 cm³/mol. The zero-order chi connectivity index (χ0) is 25.7. The summed E-state index contributed by atoms with van der Waals surface area (Å²) in [6.45, 7) is 1.43. The van der Waals surface area contributed by atoms with Crippen LogP contribution >= 0.6 is 0 Å². The van der Waals surface area contributed by atoms with Gasteiger partial charge in [0.2, 0.25) is 5.91 Å². The Labute approximate surface area is 207 Å². The van der Waals surface area contributed by atoms with Crippen LogP contribution in [0.3, 0.4) is 0 Å². The first-order valence-electron chi connectivity index (χ1n) is 10.9. The SMILES string of the molecule is COC(=O)c1c(-c2ccccc2Oc2ccc(NC(C)=O)cc2)nn(-c2ccccc2)c1C(=O)OC. The molecular formula is C27H23N3O6. The molecule has 0 spiro atoms. The standard InChI is InChI=1S/C27H23N3O6/c1-17(31)28-18-13-15-20(16-14-18)36-22-12-8-7-11-21(22)24-23(26(32)34-2)25(27(33)35-3)30(29-24)19-9-5-4-6-10-19/h4-16H,1-3H3,(H,28,31). The van der Waals surface area contributed by atoms with Crippen molar-refractivity contribution in [2.24, 2.45) is 0 Å². The lowest BCUT2D eigenvalue weighted by atomic mass is 10.0. The fourth-order valence-electron chi connectivity index (χ4n) is 3.63. The van der Waals surface area contributed by atoms with Crippen molar-refractivity contribution in [2.45, 2.75) is 6.92 Å². The van der Waals surface area contributed by atoms with Crippen molar-refractivity contribution < 1.29 is 28.6 Å². The first-order chi connectivity index (χ1) is 17.4. The maximum Gasteiger partial charge on any atom is 0.357 e. The molecule has 36 heavy (non-hydrogen) atoms. The molecule has 1 N–H and O–H groups in total. The Morgan fingerprint density at radius 3 is 2.08 bits per heavy atom. The van der Waals surface area contributed by atoms with Crippen LogP contribution in [0.4, 0.5) is 5.69 Å². The molecular weight excluding hydrogens is 462 g/mol. The Bertz CT molecular complexity index is 1410. The van der Waals surface area contributed by atoms with E-state index in [2.05, 4.69) is 10.4 Å². The van der Waals surface area contributed by atoms with Crippen LogP contribution in [0.25, 0.3) is 16.9 Å². The third-order valence-electron chi connectivity index (χ3n) is 5.20. The topological polar surface area (TPSA) is 109 Å². The number of nitrogens with one attached hydrogen (secondary N) is 1. The third kappa shape index (κ3) is 4.95. The second kappa shape index (κ2) is 10.6. The highest BCUT2D eigenvalue weighted by atomic mass is 16.5. The van der Waals surface area contributed by atoms with Gasteiger partial charge in [-0.2, -0.15) is 5.10 Å². The Morgan fingerprint density at radius 2 is 1.44 bits per heavy atom. The van der Waals surface area contributed by atoms with E-state index in [-0.39, 0.29) is 22.9 Å². The maximum atomic E-state index is 12.9. The van der Waals surface area contributed by atoms with Crippen LogP contribution in [0.2, 0.25) is 0 Å². The van der Waals surface area contributed by atoms with Crippen molar-refractivity contribution in [1.29, 1.82) is 0 Å². The summed E-state index contributed by atoms with van der Waals surface area (Å²) < 4.78 is 17.4. The molecule has 0 aliphatic rings. The molecule has 0 saturated heterocycles. The van der Waals surface area contributed by atoms with Crippen LogP contribution in [0.5, 0.6) is 11.5 Å². The van der Waals surface area contributed by atoms with Crippen LogP contribution in [-0.2, 0) is 14.3 Å². The number of anilines is 1. The number of amides is 1. The van der Waals surface area contributed by atoms with Gasteiger partial charge in [0, 0.05) is 18.2 Å². The summed E-state index contributed by atoms with van der Waals surface area (Å²) in [5.41, 5.74) is 1.72. The van der Waals surface area contributed by atoms with Gasteiger partial charge in [-0.1, -0.05) is 30.3 Å². The van der Waals surface area contributed by atoms with Gasteiger partial charge in [0.15, 0.2) is 5.69 Å². The molecule has 9 heteroatoms. The number of nitrogens with zero attached hydrogens (tertiary/aromatic N) is 2. The Balaban J connectivity index is 1.86. The minimum absolute atomic E-state index is 0.0507. The van der Waals surface area contributed by atoms with Gasteiger partial charge in [0.1, 0.15) is 22.8 Å². The van der Waals surface area contributed by atoms with Crippen LogP contribution in [0, 0.1) is 0 Å². The molecule has 9 nitrogen and oxygen atoms in total. The minimum Gasteiger partial charge on any atom is -0.465 e. The van der Waals surface area contributed by atoms with E-state index in [1.54, 1.807) is 72.8 Å². The number of esters is 2. The Kier molecular flexibility index (Phi) is 7.10. The molecule has 0 unspecified atom stereocenters. The van der Waals surface area contributed by atoms with Crippen LogP contribution in [0.15, 0.2) is 78.9 Å². The molecule has 4 aromatic rings. The fraction of sp³-hybridized carbons (Fsp3) is 0.111. The van der Waals surface area contributed by atoms with E-state index >= 15 is 0 Å². The van der Waals surface area contributed by atoms with E-state index in [4.69, 9.17) is 14.2 Å². The van der Waals surface area contributed by atoms with Crippen molar-refractivity contribution in [3.63, 3.8) is 0 Å². The quantitative estimate of drug-likeness (QED) is 0.372. The Morgan fingerprint density at radius 1 is 0.806 bits per heavy atom. The summed E-state index contributed by atoms with van der Waals surface area (Å²) in [5, 5.41) is 7.32. The first-order valence-corrected chi connectivity index (χ1v) is 10.9. The van der Waals surface area contributed by atoms with Crippen molar-refractivity contribution in [3.8, 4) is 28.4 Å². The molecule has 1 amide bonds. The van der Waals surface area contributed by atoms with E-state index in [1.807, 2.05) is 6.07 Å². The van der Waals surface area contributed by atoms with Gasteiger partial charge in [-0.25, -0.2) is 14.3 Å². The van der Waals surface area contributed by atoms with Gasteiger partial charge in [0.05, 0.1) is 19.9 Å². The number of rotatable bonds is 7. The molecule has 0 aliphatic heterocycles. The zero-order valence-electron chi connectivity index (χ0n) is 19.8. The molecule has 4 rings (SSSR count). The van der Waals surface area contributed by atoms with Crippen LogP contribution in [-0.4, -0.2) is 41.8 Å². The second-order valence-corrected chi connectivity index (χ2v) is 7.61. The molecule has 0 fully saturated rings. The predicted octanol–water partition coefficient (Wildman–Crippen LogP) is 4.86. The van der Waals surface area contributed by atoms with Crippen molar-refractivity contribution in [3.05, 3.63) is 90.1 Å². The van der Waals surface area contributed by atoms with Gasteiger partial charge in [-0.15, -0.1) is 0 Å². The monoisotopic (exact) mass is 485 g/mol. The van der Waals surface area contributed by atoms with Crippen molar-refractivity contribution >= 4 is 23.5 Å². The third-order valence-corrected chi connectivity index (χ3v) is 5.20. The molecule has 182 valence electrons. The number of carbonyl (C=O) groups excluding carboxylic acids is 3. The lowest BCUT2D eigenvalue weighted by molar-refractivity contribution is -0.114. The highest BCUT2D eigenvalue weighted by Gasteiger charge is 2.32. The summed E-state index contributed by atoms with van der Waals surface area (Å²) in [4.78, 5) is 37.0. The average Bonchev–Trinajstić information content (AvgIpc) is 3.30. The molecule has 0 aliphatic carbocycles. The number of hydrogen-bond donors (Lipinski definition) is 1. The number of methoxy groups -OCH3 is 2. The smallest absolute Gasteiger partial charge is 0.357 e. The summed E-state index contributed by atoms with van der Waals surface area (Å²) in [7, 11) is 2.46. The fourth-order valence-corrected chi connectivity index (χ4v) is 3.63. The number of carbonyl (C=O) groups is 3. The molecule has 0 radical (unpaired) electrons. The first kappa shape index (κ1) is 24.2. The number of ether oxygens (including phenoxy) is 3. The largest absolute Gasteiger partial charge is 0.465 e. The summed E-state index contributed by atoms with van der Waals surface area (Å²) in [6, 6.07) is 22.7. The second-order valence-electron chi connectivity index (χ2n) is 7.61. The molecule has 0 bridgehead atoms. The van der Waals surface area contributed by atoms with E-state index in [0.29, 0.717) is 28.4 Å². The minimum atomic E-state index is -0.748. The average molecular weight is 485 g/mol. The number of benzene rings is 3. The lowest BCUT2D eigenvalue weighted by Gasteiger charge is -2.11. The number of aromatic nitrogens is 2. The van der Waals surface area contributed by atoms with Gasteiger partial charge in [0.25, 0.3) is 0 Å².